The Kier molecular flexibility index (Phi) is 4.72. The molecule has 140 valence electrons. The van der Waals surface area contributed by atoms with Crippen LogP contribution in [0.15, 0.2) is 29.6 Å². The minimum atomic E-state index is -0.405. The minimum absolute atomic E-state index is 0.0817. The van der Waals surface area contributed by atoms with Gasteiger partial charge in [-0.25, -0.2) is 4.79 Å². The van der Waals surface area contributed by atoms with Crippen molar-refractivity contribution >= 4 is 39.1 Å². The highest BCUT2D eigenvalue weighted by atomic mass is 32.1. The van der Waals surface area contributed by atoms with Gasteiger partial charge >= 0.3 is 5.97 Å². The molecule has 2 aromatic heterocycles. The third-order valence-corrected chi connectivity index (χ3v) is 5.86. The van der Waals surface area contributed by atoms with Crippen LogP contribution in [0.1, 0.15) is 38.4 Å². The number of fused-ring (bicyclic) bond motifs is 2. The molecule has 27 heavy (non-hydrogen) atoms. The lowest BCUT2D eigenvalue weighted by Crippen LogP contribution is -2.35. The van der Waals surface area contributed by atoms with Crippen molar-refractivity contribution in [1.29, 1.82) is 0 Å². The van der Waals surface area contributed by atoms with E-state index in [4.69, 9.17) is 10.5 Å². The van der Waals surface area contributed by atoms with E-state index in [9.17, 15) is 9.59 Å². The summed E-state index contributed by atoms with van der Waals surface area (Å²) in [5, 5.41) is 1.75. The van der Waals surface area contributed by atoms with Gasteiger partial charge in [-0.1, -0.05) is 12.1 Å². The van der Waals surface area contributed by atoms with Crippen LogP contribution in [-0.2, 0) is 17.6 Å². The molecule has 0 spiro atoms. The number of H-pyrrole nitrogens is 1. The largest absolute Gasteiger partial charge is 0.465 e. The number of ether oxygens (including phenoxy) is 1. The average molecular weight is 383 g/mol. The number of aromatic amines is 1. The third kappa shape index (κ3) is 3.13. The van der Waals surface area contributed by atoms with Crippen molar-refractivity contribution in [2.45, 2.75) is 19.3 Å². The summed E-state index contributed by atoms with van der Waals surface area (Å²) in [6, 6.07) is 8.03. The predicted octanol–water partition coefficient (Wildman–Crippen LogP) is 3.11. The van der Waals surface area contributed by atoms with E-state index in [0.717, 1.165) is 29.6 Å². The first-order valence-corrected chi connectivity index (χ1v) is 9.82. The first-order valence-electron chi connectivity index (χ1n) is 8.94. The minimum Gasteiger partial charge on any atom is -0.465 e. The number of methoxy groups -OCH3 is 1. The molecule has 3 aromatic rings. The van der Waals surface area contributed by atoms with Gasteiger partial charge < -0.3 is 20.4 Å². The van der Waals surface area contributed by atoms with Gasteiger partial charge in [-0.2, -0.15) is 0 Å². The summed E-state index contributed by atoms with van der Waals surface area (Å²) < 4.78 is 5.68. The zero-order chi connectivity index (χ0) is 19.0. The molecule has 0 fully saturated rings. The highest BCUT2D eigenvalue weighted by Gasteiger charge is 2.26. The Morgan fingerprint density at radius 2 is 2.19 bits per heavy atom. The Morgan fingerprint density at radius 1 is 1.33 bits per heavy atom. The standard InChI is InChI=1S/C20H21N3O3S/c1-26-20(25)14-11-27-17-10-15(22-18(14)17)19(24)23-8-2-3-13-9-12(6-7-21)4-5-16(13)23/h4-5,9-11,22H,2-3,6-8,21H2,1H3. The number of thiophene rings is 1. The molecular formula is C20H21N3O3S. The fourth-order valence-electron chi connectivity index (χ4n) is 3.61. The van der Waals surface area contributed by atoms with Crippen molar-refractivity contribution in [3.63, 3.8) is 0 Å². The molecule has 7 heteroatoms. The number of carbonyl (C=O) groups excluding carboxylic acids is 2. The number of hydrogen-bond donors (Lipinski definition) is 2. The SMILES string of the molecule is COC(=O)c1csc2cc(C(=O)N3CCCc4cc(CCN)ccc43)[nH]c12. The number of nitrogens with two attached hydrogens (primary N) is 1. The predicted molar refractivity (Wildman–Crippen MR) is 107 cm³/mol. The molecule has 0 bridgehead atoms. The maximum Gasteiger partial charge on any atom is 0.340 e. The van der Waals surface area contributed by atoms with Crippen LogP contribution in [0.4, 0.5) is 5.69 Å². The molecule has 1 aliphatic heterocycles. The normalized spacial score (nSPS) is 13.6. The van der Waals surface area contributed by atoms with Crippen LogP contribution >= 0.6 is 11.3 Å². The van der Waals surface area contributed by atoms with E-state index in [1.807, 2.05) is 23.1 Å². The van der Waals surface area contributed by atoms with E-state index in [2.05, 4.69) is 11.1 Å². The molecule has 1 aromatic carbocycles. The molecule has 0 atom stereocenters. The van der Waals surface area contributed by atoms with Gasteiger partial charge in [0.2, 0.25) is 0 Å². The number of rotatable bonds is 4. The number of amides is 1. The maximum atomic E-state index is 13.2. The summed E-state index contributed by atoms with van der Waals surface area (Å²) in [5.41, 5.74) is 10.6. The van der Waals surface area contributed by atoms with Crippen LogP contribution in [0.3, 0.4) is 0 Å². The molecule has 0 saturated carbocycles. The molecule has 0 radical (unpaired) electrons. The van der Waals surface area contributed by atoms with Gasteiger partial charge in [0.15, 0.2) is 0 Å². The number of hydrogen-bond acceptors (Lipinski definition) is 5. The van der Waals surface area contributed by atoms with Crippen LogP contribution in [0.5, 0.6) is 0 Å². The fraction of sp³-hybridized carbons (Fsp3) is 0.300. The summed E-state index contributed by atoms with van der Waals surface area (Å²) in [4.78, 5) is 30.0. The van der Waals surface area contributed by atoms with Crippen LogP contribution in [-0.4, -0.2) is 37.1 Å². The monoisotopic (exact) mass is 383 g/mol. The smallest absolute Gasteiger partial charge is 0.340 e. The van der Waals surface area contributed by atoms with Crippen molar-refractivity contribution in [3.05, 3.63) is 52.0 Å². The van der Waals surface area contributed by atoms with Crippen molar-refractivity contribution in [3.8, 4) is 0 Å². The number of anilines is 1. The number of nitrogens with one attached hydrogen (secondary N) is 1. The zero-order valence-corrected chi connectivity index (χ0v) is 15.9. The lowest BCUT2D eigenvalue weighted by atomic mass is 9.98. The Balaban J connectivity index is 1.67. The number of nitrogens with zero attached hydrogens (tertiary/aromatic N) is 1. The van der Waals surface area contributed by atoms with Gasteiger partial charge in [0.25, 0.3) is 5.91 Å². The summed E-state index contributed by atoms with van der Waals surface area (Å²) in [7, 11) is 1.35. The number of carbonyl (C=O) groups is 2. The lowest BCUT2D eigenvalue weighted by Gasteiger charge is -2.29. The Labute approximate surface area is 160 Å². The Hall–Kier alpha value is -2.64. The van der Waals surface area contributed by atoms with E-state index < -0.39 is 5.97 Å². The second-order valence-corrected chi connectivity index (χ2v) is 7.54. The Morgan fingerprint density at radius 3 is 2.96 bits per heavy atom. The number of aryl methyl sites for hydroxylation is 1. The van der Waals surface area contributed by atoms with Crippen molar-refractivity contribution in [2.75, 3.05) is 25.1 Å². The molecule has 6 nitrogen and oxygen atoms in total. The van der Waals surface area contributed by atoms with E-state index in [-0.39, 0.29) is 5.91 Å². The molecule has 4 rings (SSSR count). The van der Waals surface area contributed by atoms with Crippen LogP contribution in [0, 0.1) is 0 Å². The van der Waals surface area contributed by atoms with Gasteiger partial charge in [-0.15, -0.1) is 11.3 Å². The van der Waals surface area contributed by atoms with Crippen LogP contribution in [0.25, 0.3) is 10.2 Å². The van der Waals surface area contributed by atoms with Gasteiger partial charge in [-0.05, 0) is 49.1 Å². The molecular weight excluding hydrogens is 362 g/mol. The lowest BCUT2D eigenvalue weighted by molar-refractivity contribution is 0.0603. The maximum absolute atomic E-state index is 13.2. The van der Waals surface area contributed by atoms with Gasteiger partial charge in [0, 0.05) is 17.6 Å². The summed E-state index contributed by atoms with van der Waals surface area (Å²) in [5.74, 6) is -0.486. The number of esters is 1. The number of benzene rings is 1. The molecule has 0 aliphatic carbocycles. The molecule has 3 heterocycles. The van der Waals surface area contributed by atoms with Crippen molar-refractivity contribution in [2.24, 2.45) is 5.73 Å². The topological polar surface area (TPSA) is 88.4 Å². The average Bonchev–Trinajstić information content (AvgIpc) is 3.27. The third-order valence-electron chi connectivity index (χ3n) is 4.93. The Bertz CT molecular complexity index is 1020. The second-order valence-electron chi connectivity index (χ2n) is 6.63. The molecule has 0 unspecified atom stereocenters. The zero-order valence-electron chi connectivity index (χ0n) is 15.1. The van der Waals surface area contributed by atoms with E-state index in [1.54, 1.807) is 5.38 Å². The first kappa shape index (κ1) is 17.8. The summed E-state index contributed by atoms with van der Waals surface area (Å²) in [6.07, 6.45) is 2.72. The highest BCUT2D eigenvalue weighted by molar-refractivity contribution is 7.17. The van der Waals surface area contributed by atoms with Gasteiger partial charge in [0.1, 0.15) is 5.69 Å². The van der Waals surface area contributed by atoms with Gasteiger partial charge in [0.05, 0.1) is 22.9 Å². The summed E-state index contributed by atoms with van der Waals surface area (Å²) >= 11 is 1.42. The number of aromatic nitrogens is 1. The first-order chi connectivity index (χ1) is 13.1. The van der Waals surface area contributed by atoms with Crippen LogP contribution < -0.4 is 10.6 Å². The highest BCUT2D eigenvalue weighted by Crippen LogP contribution is 2.32. The fourth-order valence-corrected chi connectivity index (χ4v) is 4.54. The van der Waals surface area contributed by atoms with Gasteiger partial charge in [-0.3, -0.25) is 4.79 Å². The molecule has 3 N–H and O–H groups in total. The molecule has 0 saturated heterocycles. The van der Waals surface area contributed by atoms with Crippen molar-refractivity contribution in [1.82, 2.24) is 4.98 Å². The quantitative estimate of drug-likeness (QED) is 0.678. The second kappa shape index (κ2) is 7.17. The molecule has 1 aliphatic rings. The van der Waals surface area contributed by atoms with Crippen LogP contribution in [0.2, 0.25) is 0 Å². The van der Waals surface area contributed by atoms with E-state index in [0.29, 0.717) is 29.9 Å². The van der Waals surface area contributed by atoms with Crippen molar-refractivity contribution < 1.29 is 14.3 Å². The molecule has 1 amide bonds. The van der Waals surface area contributed by atoms with E-state index >= 15 is 0 Å². The van der Waals surface area contributed by atoms with E-state index in [1.165, 1.54) is 29.6 Å². The summed E-state index contributed by atoms with van der Waals surface area (Å²) in [6.45, 7) is 1.29.